The molecule has 1 amide bonds. The predicted molar refractivity (Wildman–Crippen MR) is 76.0 cm³/mol. The van der Waals surface area contributed by atoms with Crippen LogP contribution in [0.4, 0.5) is 0 Å². The fourth-order valence-electron chi connectivity index (χ4n) is 1.47. The van der Waals surface area contributed by atoms with E-state index in [4.69, 9.17) is 21.4 Å². The lowest BCUT2D eigenvalue weighted by atomic mass is 10.3. The van der Waals surface area contributed by atoms with Crippen LogP contribution in [0.2, 0.25) is 5.02 Å². The number of carboxylic acids is 1. The zero-order valence-electron chi connectivity index (χ0n) is 10.9. The van der Waals surface area contributed by atoms with E-state index in [0.717, 1.165) is 0 Å². The van der Waals surface area contributed by atoms with Gasteiger partial charge in [0.2, 0.25) is 0 Å². The van der Waals surface area contributed by atoms with Crippen molar-refractivity contribution in [3.8, 4) is 5.75 Å². The van der Waals surface area contributed by atoms with E-state index in [9.17, 15) is 9.59 Å². The molecular formula is C14H16ClNO4. The number of aliphatic carboxylic acids is 1. The number of hydrogen-bond acceptors (Lipinski definition) is 3. The first-order valence-electron chi connectivity index (χ1n) is 6.01. The topological polar surface area (TPSA) is 66.8 Å². The molecule has 0 heterocycles. The van der Waals surface area contributed by atoms with E-state index in [2.05, 4.69) is 6.58 Å². The lowest BCUT2D eigenvalue weighted by Gasteiger charge is -2.20. The number of halogens is 1. The average molecular weight is 298 g/mol. The molecular weight excluding hydrogens is 282 g/mol. The lowest BCUT2D eigenvalue weighted by molar-refractivity contribution is -0.138. The van der Waals surface area contributed by atoms with Crippen molar-refractivity contribution in [2.24, 2.45) is 0 Å². The van der Waals surface area contributed by atoms with Gasteiger partial charge >= 0.3 is 5.97 Å². The first-order valence-corrected chi connectivity index (χ1v) is 6.39. The third-order valence-electron chi connectivity index (χ3n) is 2.47. The molecule has 0 bridgehead atoms. The molecule has 5 nitrogen and oxygen atoms in total. The zero-order valence-corrected chi connectivity index (χ0v) is 11.7. The minimum absolute atomic E-state index is 0.111. The van der Waals surface area contributed by atoms with Crippen molar-refractivity contribution in [1.29, 1.82) is 0 Å². The molecule has 0 aliphatic rings. The van der Waals surface area contributed by atoms with Gasteiger partial charge in [-0.25, -0.2) is 0 Å². The monoisotopic (exact) mass is 297 g/mol. The van der Waals surface area contributed by atoms with Crippen LogP contribution in [0, 0.1) is 0 Å². The van der Waals surface area contributed by atoms with Crippen molar-refractivity contribution in [2.45, 2.75) is 6.42 Å². The van der Waals surface area contributed by atoms with Crippen LogP contribution in [0.5, 0.6) is 5.75 Å². The molecule has 0 atom stereocenters. The highest BCUT2D eigenvalue weighted by atomic mass is 35.5. The fourth-order valence-corrected chi connectivity index (χ4v) is 1.60. The Balaban J connectivity index is 2.50. The van der Waals surface area contributed by atoms with Gasteiger partial charge < -0.3 is 14.7 Å². The summed E-state index contributed by atoms with van der Waals surface area (Å²) in [5.41, 5.74) is 0. The van der Waals surface area contributed by atoms with Crippen molar-refractivity contribution in [3.63, 3.8) is 0 Å². The van der Waals surface area contributed by atoms with Gasteiger partial charge in [-0.2, -0.15) is 0 Å². The fraction of sp³-hybridized carbons (Fsp3) is 0.286. The molecule has 1 aromatic rings. The molecule has 0 aliphatic carbocycles. The Labute approximate surface area is 122 Å². The van der Waals surface area contributed by atoms with Crippen LogP contribution in [0.15, 0.2) is 36.9 Å². The van der Waals surface area contributed by atoms with Crippen LogP contribution in [-0.4, -0.2) is 41.6 Å². The van der Waals surface area contributed by atoms with E-state index in [1.165, 1.54) is 4.90 Å². The van der Waals surface area contributed by atoms with Crippen molar-refractivity contribution >= 4 is 23.5 Å². The number of amides is 1. The molecule has 1 aromatic carbocycles. The third kappa shape index (κ3) is 5.75. The van der Waals surface area contributed by atoms with Gasteiger partial charge in [0.15, 0.2) is 6.61 Å². The summed E-state index contributed by atoms with van der Waals surface area (Å²) in [5, 5.41) is 9.22. The Morgan fingerprint density at radius 1 is 1.35 bits per heavy atom. The molecule has 0 aromatic heterocycles. The number of ether oxygens (including phenoxy) is 1. The van der Waals surface area contributed by atoms with Crippen molar-refractivity contribution in [3.05, 3.63) is 41.9 Å². The molecule has 108 valence electrons. The number of carbonyl (C=O) groups is 2. The summed E-state index contributed by atoms with van der Waals surface area (Å²) >= 11 is 5.74. The molecule has 0 saturated carbocycles. The van der Waals surface area contributed by atoms with Crippen molar-refractivity contribution < 1.29 is 19.4 Å². The molecule has 0 saturated heterocycles. The number of rotatable bonds is 8. The quantitative estimate of drug-likeness (QED) is 0.747. The van der Waals surface area contributed by atoms with E-state index in [0.29, 0.717) is 10.8 Å². The Kier molecular flexibility index (Phi) is 6.59. The number of carboxylic acid groups (broad SMARTS) is 1. The van der Waals surface area contributed by atoms with Crippen molar-refractivity contribution in [1.82, 2.24) is 4.90 Å². The highest BCUT2D eigenvalue weighted by Crippen LogP contribution is 2.15. The number of hydrogen-bond donors (Lipinski definition) is 1. The standard InChI is InChI=1S/C14H16ClNO4/c1-2-8-16(9-7-14(18)19)13(17)10-20-12-5-3-11(15)4-6-12/h2-6H,1,7-10H2,(H,18,19). The summed E-state index contributed by atoms with van der Waals surface area (Å²) in [5.74, 6) is -0.717. The normalized spacial score (nSPS) is 9.85. The Morgan fingerprint density at radius 2 is 2.00 bits per heavy atom. The summed E-state index contributed by atoms with van der Waals surface area (Å²) in [7, 11) is 0. The summed E-state index contributed by atoms with van der Waals surface area (Å²) in [4.78, 5) is 23.8. The molecule has 1 N–H and O–H groups in total. The number of carbonyl (C=O) groups excluding carboxylic acids is 1. The van der Waals surface area contributed by atoms with Gasteiger partial charge in [-0.3, -0.25) is 9.59 Å². The van der Waals surface area contributed by atoms with E-state index < -0.39 is 5.97 Å². The van der Waals surface area contributed by atoms with Gasteiger partial charge in [0, 0.05) is 18.1 Å². The summed E-state index contributed by atoms with van der Waals surface area (Å²) in [6.45, 7) is 3.80. The van der Waals surface area contributed by atoms with E-state index >= 15 is 0 Å². The van der Waals surface area contributed by atoms with Crippen LogP contribution >= 0.6 is 11.6 Å². The smallest absolute Gasteiger partial charge is 0.305 e. The molecule has 6 heteroatoms. The summed E-state index contributed by atoms with van der Waals surface area (Å²) < 4.78 is 5.33. The van der Waals surface area contributed by atoms with Gasteiger partial charge in [-0.1, -0.05) is 17.7 Å². The highest BCUT2D eigenvalue weighted by Gasteiger charge is 2.14. The third-order valence-corrected chi connectivity index (χ3v) is 2.73. The Bertz CT molecular complexity index is 473. The molecule has 0 spiro atoms. The van der Waals surface area contributed by atoms with E-state index in [-0.39, 0.29) is 32.0 Å². The van der Waals surface area contributed by atoms with Gasteiger partial charge in [-0.15, -0.1) is 6.58 Å². The summed E-state index contributed by atoms with van der Waals surface area (Å²) in [6, 6.07) is 6.63. The summed E-state index contributed by atoms with van der Waals surface area (Å²) in [6.07, 6.45) is 1.43. The first-order chi connectivity index (χ1) is 9.52. The Hall–Kier alpha value is -2.01. The molecule has 1 rings (SSSR count). The minimum atomic E-state index is -0.953. The maximum Gasteiger partial charge on any atom is 0.305 e. The van der Waals surface area contributed by atoms with Crippen LogP contribution in [0.1, 0.15) is 6.42 Å². The van der Waals surface area contributed by atoms with Gasteiger partial charge in [0.25, 0.3) is 5.91 Å². The van der Waals surface area contributed by atoms with E-state index in [1.54, 1.807) is 30.3 Å². The predicted octanol–water partition coefficient (Wildman–Crippen LogP) is 2.21. The van der Waals surface area contributed by atoms with Gasteiger partial charge in [0.05, 0.1) is 6.42 Å². The lowest BCUT2D eigenvalue weighted by Crippen LogP contribution is -2.36. The van der Waals surface area contributed by atoms with Crippen molar-refractivity contribution in [2.75, 3.05) is 19.7 Å². The second-order valence-corrected chi connectivity index (χ2v) is 4.45. The maximum absolute atomic E-state index is 11.9. The van der Waals surface area contributed by atoms with Crippen LogP contribution in [-0.2, 0) is 9.59 Å². The molecule has 20 heavy (non-hydrogen) atoms. The Morgan fingerprint density at radius 3 is 2.55 bits per heavy atom. The van der Waals surface area contributed by atoms with Gasteiger partial charge in [-0.05, 0) is 24.3 Å². The number of nitrogens with zero attached hydrogens (tertiary/aromatic N) is 1. The average Bonchev–Trinajstić information content (AvgIpc) is 2.42. The highest BCUT2D eigenvalue weighted by molar-refractivity contribution is 6.30. The number of benzene rings is 1. The van der Waals surface area contributed by atoms with Crippen LogP contribution in [0.3, 0.4) is 0 Å². The molecule has 0 radical (unpaired) electrons. The minimum Gasteiger partial charge on any atom is -0.484 e. The first kappa shape index (κ1) is 16.0. The van der Waals surface area contributed by atoms with Crippen LogP contribution in [0.25, 0.3) is 0 Å². The molecule has 0 aliphatic heterocycles. The second-order valence-electron chi connectivity index (χ2n) is 4.01. The maximum atomic E-state index is 11.9. The largest absolute Gasteiger partial charge is 0.484 e. The second kappa shape index (κ2) is 8.22. The molecule has 0 fully saturated rings. The van der Waals surface area contributed by atoms with Gasteiger partial charge in [0.1, 0.15) is 5.75 Å². The molecule has 0 unspecified atom stereocenters. The SMILES string of the molecule is C=CCN(CCC(=O)O)C(=O)COc1ccc(Cl)cc1. The van der Waals surface area contributed by atoms with Crippen LogP contribution < -0.4 is 4.74 Å². The zero-order chi connectivity index (χ0) is 15.0. The van der Waals surface area contributed by atoms with E-state index in [1.807, 2.05) is 0 Å².